The van der Waals surface area contributed by atoms with Crippen molar-refractivity contribution in [2.24, 2.45) is 10.8 Å². The van der Waals surface area contributed by atoms with Crippen molar-refractivity contribution >= 4 is 5.97 Å². The largest absolute Gasteiger partial charge is 0.456 e. The molecule has 4 aliphatic heterocycles. The minimum atomic E-state index is -1.14. The van der Waals surface area contributed by atoms with Crippen molar-refractivity contribution in [1.29, 1.82) is 0 Å². The molecular formula is C15H24O6. The van der Waals surface area contributed by atoms with Gasteiger partial charge in [0.05, 0.1) is 12.0 Å². The van der Waals surface area contributed by atoms with E-state index in [0.29, 0.717) is 0 Å². The minimum Gasteiger partial charge on any atom is -0.456 e. The average molecular weight is 300 g/mol. The summed E-state index contributed by atoms with van der Waals surface area (Å²) in [6, 6.07) is 0. The Kier molecular flexibility index (Phi) is 3.20. The van der Waals surface area contributed by atoms with Gasteiger partial charge in [-0.2, -0.15) is 0 Å². The lowest BCUT2D eigenvalue weighted by molar-refractivity contribution is -0.383. The number of hydrogen-bond acceptors (Lipinski definition) is 6. The molecule has 0 amide bonds. The Morgan fingerprint density at radius 1 is 1.14 bits per heavy atom. The molecule has 4 heterocycles. The van der Waals surface area contributed by atoms with Crippen molar-refractivity contribution in [2.45, 2.75) is 72.1 Å². The van der Waals surface area contributed by atoms with Crippen LogP contribution in [0.5, 0.6) is 0 Å². The molecule has 21 heavy (non-hydrogen) atoms. The molecule has 0 saturated carbocycles. The van der Waals surface area contributed by atoms with Crippen LogP contribution in [0, 0.1) is 10.8 Å². The number of hydrogen-bond donors (Lipinski definition) is 0. The Bertz CT molecular complexity index is 448. The fourth-order valence-electron chi connectivity index (χ4n) is 2.68. The Labute approximate surface area is 125 Å². The second-order valence-corrected chi connectivity index (χ2v) is 7.98. The molecule has 0 aromatic heterocycles. The van der Waals surface area contributed by atoms with Gasteiger partial charge < -0.3 is 18.9 Å². The van der Waals surface area contributed by atoms with Gasteiger partial charge in [-0.15, -0.1) is 0 Å². The maximum atomic E-state index is 12.1. The standard InChI is InChI=1S/C15H24O6/c1-13(2,3)12(16)19-9-8-7-17-15(14(4,5)6)20-10(9)11(18-8)21-15/h8-11H,7H2,1-6H3/t8-,9-,10+,11+,15?/m0/s1. The maximum absolute atomic E-state index is 12.1. The number of carbonyl (C=O) groups excluding carboxylic acids is 1. The van der Waals surface area contributed by atoms with Crippen LogP contribution < -0.4 is 0 Å². The van der Waals surface area contributed by atoms with E-state index in [1.54, 1.807) is 0 Å². The highest BCUT2D eigenvalue weighted by Crippen LogP contribution is 2.50. The van der Waals surface area contributed by atoms with Crippen molar-refractivity contribution in [3.05, 3.63) is 0 Å². The van der Waals surface area contributed by atoms with E-state index in [2.05, 4.69) is 0 Å². The lowest BCUT2D eigenvalue weighted by Gasteiger charge is -2.37. The van der Waals surface area contributed by atoms with Crippen molar-refractivity contribution in [1.82, 2.24) is 0 Å². The third kappa shape index (κ3) is 2.29. The summed E-state index contributed by atoms with van der Waals surface area (Å²) in [5, 5.41) is 0. The number of fused-ring (bicyclic) bond motifs is 1. The van der Waals surface area contributed by atoms with Gasteiger partial charge in [-0.05, 0) is 20.8 Å². The summed E-state index contributed by atoms with van der Waals surface area (Å²) >= 11 is 0. The highest BCUT2D eigenvalue weighted by atomic mass is 17.0. The topological polar surface area (TPSA) is 63.2 Å². The third-order valence-electron chi connectivity index (χ3n) is 4.04. The first-order chi connectivity index (χ1) is 9.53. The second kappa shape index (κ2) is 4.41. The molecule has 4 rings (SSSR count). The summed E-state index contributed by atoms with van der Waals surface area (Å²) in [5.41, 5.74) is -0.945. The Morgan fingerprint density at radius 3 is 2.38 bits per heavy atom. The molecule has 6 heteroatoms. The summed E-state index contributed by atoms with van der Waals surface area (Å²) in [4.78, 5) is 12.1. The summed E-state index contributed by atoms with van der Waals surface area (Å²) in [7, 11) is 0. The van der Waals surface area contributed by atoms with Crippen LogP contribution in [-0.4, -0.2) is 43.2 Å². The first kappa shape index (κ1) is 15.2. The normalized spacial score (nSPS) is 42.2. The van der Waals surface area contributed by atoms with Crippen molar-refractivity contribution in [2.75, 3.05) is 6.61 Å². The Morgan fingerprint density at radius 2 is 1.81 bits per heavy atom. The van der Waals surface area contributed by atoms with Gasteiger partial charge >= 0.3 is 5.97 Å². The molecule has 0 N–H and O–H groups in total. The van der Waals surface area contributed by atoms with Gasteiger partial charge in [0, 0.05) is 5.41 Å². The first-order valence-electron chi connectivity index (χ1n) is 7.40. The number of esters is 1. The lowest BCUT2D eigenvalue weighted by Crippen LogP contribution is -2.46. The summed E-state index contributed by atoms with van der Waals surface area (Å²) in [6.45, 7) is 11.7. The van der Waals surface area contributed by atoms with Crippen molar-refractivity contribution in [3.63, 3.8) is 0 Å². The maximum Gasteiger partial charge on any atom is 0.311 e. The summed E-state index contributed by atoms with van der Waals surface area (Å²) in [5.74, 6) is -1.42. The predicted molar refractivity (Wildman–Crippen MR) is 72.1 cm³/mol. The van der Waals surface area contributed by atoms with Gasteiger partial charge in [-0.1, -0.05) is 20.8 Å². The van der Waals surface area contributed by atoms with Crippen LogP contribution in [-0.2, 0) is 28.5 Å². The molecule has 6 nitrogen and oxygen atoms in total. The van der Waals surface area contributed by atoms with Gasteiger partial charge in [0.25, 0.3) is 5.97 Å². The van der Waals surface area contributed by atoms with Crippen LogP contribution in [0.3, 0.4) is 0 Å². The lowest BCUT2D eigenvalue weighted by atomic mass is 9.93. The van der Waals surface area contributed by atoms with E-state index in [1.165, 1.54) is 0 Å². The van der Waals surface area contributed by atoms with Crippen LogP contribution in [0.4, 0.5) is 0 Å². The Balaban J connectivity index is 1.82. The van der Waals surface area contributed by atoms with E-state index in [0.717, 1.165) is 0 Å². The summed E-state index contributed by atoms with van der Waals surface area (Å²) in [6.07, 6.45) is -1.83. The van der Waals surface area contributed by atoms with E-state index >= 15 is 0 Å². The predicted octanol–water partition coefficient (Wildman–Crippen LogP) is 1.81. The smallest absolute Gasteiger partial charge is 0.311 e. The zero-order chi connectivity index (χ0) is 15.6. The van der Waals surface area contributed by atoms with Crippen LogP contribution in [0.15, 0.2) is 0 Å². The zero-order valence-electron chi connectivity index (χ0n) is 13.5. The number of rotatable bonds is 1. The van der Waals surface area contributed by atoms with E-state index in [9.17, 15) is 4.79 Å². The van der Waals surface area contributed by atoms with Crippen molar-refractivity contribution in [3.8, 4) is 0 Å². The average Bonchev–Trinajstić information content (AvgIpc) is 2.64. The summed E-state index contributed by atoms with van der Waals surface area (Å²) < 4.78 is 29.1. The molecular weight excluding hydrogens is 276 g/mol. The third-order valence-corrected chi connectivity index (χ3v) is 4.04. The van der Waals surface area contributed by atoms with E-state index in [1.807, 2.05) is 41.5 Å². The fraction of sp³-hybridized carbons (Fsp3) is 0.933. The van der Waals surface area contributed by atoms with Crippen LogP contribution in [0.1, 0.15) is 41.5 Å². The van der Waals surface area contributed by atoms with E-state index in [4.69, 9.17) is 23.7 Å². The van der Waals surface area contributed by atoms with Gasteiger partial charge in [0.1, 0.15) is 6.10 Å². The highest BCUT2D eigenvalue weighted by molar-refractivity contribution is 5.75. The van der Waals surface area contributed by atoms with Gasteiger partial charge in [0.15, 0.2) is 18.5 Å². The molecule has 0 aromatic carbocycles. The van der Waals surface area contributed by atoms with Gasteiger partial charge in [-0.25, -0.2) is 0 Å². The molecule has 120 valence electrons. The molecule has 4 fully saturated rings. The quantitative estimate of drug-likeness (QED) is 0.688. The Hall–Kier alpha value is -0.690. The number of carbonyl (C=O) groups is 1. The molecule has 4 saturated heterocycles. The first-order valence-corrected chi connectivity index (χ1v) is 7.40. The fourth-order valence-corrected chi connectivity index (χ4v) is 2.68. The molecule has 0 spiro atoms. The van der Waals surface area contributed by atoms with Crippen LogP contribution in [0.25, 0.3) is 0 Å². The molecule has 0 aliphatic carbocycles. The zero-order valence-corrected chi connectivity index (χ0v) is 13.5. The van der Waals surface area contributed by atoms with Crippen molar-refractivity contribution < 1.29 is 28.5 Å². The highest BCUT2D eigenvalue weighted by Gasteiger charge is 2.67. The molecule has 0 aromatic rings. The SMILES string of the molecule is CC(C)(C)C(=O)O[C@@H]1[C@H]2OC3(C(C)(C)C)OC[C@@H]1O[C@@H]2O3. The van der Waals surface area contributed by atoms with Gasteiger partial charge in [0.2, 0.25) is 0 Å². The molecule has 4 bridgehead atoms. The molecule has 0 radical (unpaired) electrons. The van der Waals surface area contributed by atoms with E-state index in [-0.39, 0.29) is 24.1 Å². The molecule has 4 aliphatic rings. The van der Waals surface area contributed by atoms with E-state index < -0.39 is 29.9 Å². The second-order valence-electron chi connectivity index (χ2n) is 7.98. The monoisotopic (exact) mass is 300 g/mol. The van der Waals surface area contributed by atoms with Crippen LogP contribution >= 0.6 is 0 Å². The molecule has 1 unspecified atom stereocenters. The van der Waals surface area contributed by atoms with Gasteiger partial charge in [-0.3, -0.25) is 9.53 Å². The molecule has 5 atom stereocenters. The minimum absolute atomic E-state index is 0.277. The number of ether oxygens (including phenoxy) is 5. The van der Waals surface area contributed by atoms with Crippen LogP contribution in [0.2, 0.25) is 0 Å².